The molecular formula is C10H15ClO. The first-order chi connectivity index (χ1) is 5.79. The quantitative estimate of drug-likeness (QED) is 0.455. The number of rotatable bonds is 1. The highest BCUT2D eigenvalue weighted by Gasteiger charge is 2.62. The van der Waals surface area contributed by atoms with Gasteiger partial charge in [0, 0.05) is 0 Å². The van der Waals surface area contributed by atoms with E-state index in [4.69, 9.17) is 11.6 Å². The minimum absolute atomic E-state index is 0.440. The molecule has 0 radical (unpaired) electrons. The maximum Gasteiger partial charge on any atom is 0.141 e. The van der Waals surface area contributed by atoms with Gasteiger partial charge in [0.15, 0.2) is 0 Å². The minimum atomic E-state index is -0.440. The Labute approximate surface area is 78.5 Å². The zero-order valence-electron chi connectivity index (χ0n) is 7.26. The van der Waals surface area contributed by atoms with Gasteiger partial charge < -0.3 is 4.79 Å². The molecule has 1 unspecified atom stereocenters. The van der Waals surface area contributed by atoms with Gasteiger partial charge in [0.25, 0.3) is 0 Å². The van der Waals surface area contributed by atoms with E-state index in [0.29, 0.717) is 11.8 Å². The lowest BCUT2D eigenvalue weighted by Gasteiger charge is -2.04. The van der Waals surface area contributed by atoms with Crippen molar-refractivity contribution in [2.24, 2.45) is 11.8 Å². The van der Waals surface area contributed by atoms with Crippen molar-refractivity contribution in [1.82, 2.24) is 0 Å². The molecule has 2 fully saturated rings. The molecule has 2 aliphatic rings. The van der Waals surface area contributed by atoms with E-state index in [1.54, 1.807) is 0 Å². The van der Waals surface area contributed by atoms with Crippen molar-refractivity contribution in [1.29, 1.82) is 0 Å². The average Bonchev–Trinajstić information content (AvgIpc) is 2.54. The molecule has 2 aliphatic carbocycles. The first-order valence-electron chi connectivity index (χ1n) is 4.94. The first kappa shape index (κ1) is 8.55. The van der Waals surface area contributed by atoms with Crippen molar-refractivity contribution >= 4 is 17.9 Å². The molecule has 2 heteroatoms. The Morgan fingerprint density at radius 1 is 1.08 bits per heavy atom. The third-order valence-corrected chi connectivity index (χ3v) is 4.12. The van der Waals surface area contributed by atoms with Crippen LogP contribution in [0.2, 0.25) is 0 Å². The SMILES string of the molecule is O=CC1(Cl)[C@@H]2CCCCCC[C@@H]21. The van der Waals surface area contributed by atoms with E-state index in [2.05, 4.69) is 0 Å². The Hall–Kier alpha value is -0.0400. The van der Waals surface area contributed by atoms with E-state index < -0.39 is 4.87 Å². The van der Waals surface area contributed by atoms with Crippen molar-refractivity contribution in [3.05, 3.63) is 0 Å². The molecule has 0 spiro atoms. The monoisotopic (exact) mass is 186 g/mol. The highest BCUT2D eigenvalue weighted by molar-refractivity contribution is 6.34. The Bertz CT molecular complexity index is 176. The van der Waals surface area contributed by atoms with Crippen LogP contribution in [-0.4, -0.2) is 11.2 Å². The summed E-state index contributed by atoms with van der Waals surface area (Å²) in [6.45, 7) is 0. The second-order valence-corrected chi connectivity index (χ2v) is 4.80. The van der Waals surface area contributed by atoms with Gasteiger partial charge in [-0.25, -0.2) is 0 Å². The summed E-state index contributed by atoms with van der Waals surface area (Å²) in [6.07, 6.45) is 8.52. The number of carbonyl (C=O) groups excluding carboxylic acids is 1. The molecule has 0 aliphatic heterocycles. The molecule has 0 aromatic heterocycles. The summed E-state index contributed by atoms with van der Waals surface area (Å²) in [5.74, 6) is 1.02. The Balaban J connectivity index is 2.01. The van der Waals surface area contributed by atoms with E-state index >= 15 is 0 Å². The van der Waals surface area contributed by atoms with Gasteiger partial charge in [0.05, 0.1) is 0 Å². The van der Waals surface area contributed by atoms with Gasteiger partial charge in [-0.2, -0.15) is 0 Å². The van der Waals surface area contributed by atoms with Crippen LogP contribution in [0.25, 0.3) is 0 Å². The minimum Gasteiger partial charge on any atom is -0.301 e. The molecular weight excluding hydrogens is 172 g/mol. The maximum absolute atomic E-state index is 10.7. The molecule has 0 N–H and O–H groups in total. The summed E-state index contributed by atoms with van der Waals surface area (Å²) >= 11 is 6.18. The lowest BCUT2D eigenvalue weighted by Crippen LogP contribution is -2.05. The van der Waals surface area contributed by atoms with E-state index in [9.17, 15) is 4.79 Å². The summed E-state index contributed by atoms with van der Waals surface area (Å²) in [5, 5.41) is 0. The lowest BCUT2D eigenvalue weighted by atomic mass is 10.0. The third-order valence-electron chi connectivity index (χ3n) is 3.47. The van der Waals surface area contributed by atoms with E-state index in [1.807, 2.05) is 0 Å². The molecule has 0 heterocycles. The fourth-order valence-electron chi connectivity index (χ4n) is 2.63. The van der Waals surface area contributed by atoms with Crippen LogP contribution >= 0.6 is 11.6 Å². The smallest absolute Gasteiger partial charge is 0.141 e. The summed E-state index contributed by atoms with van der Waals surface area (Å²) in [7, 11) is 0. The van der Waals surface area contributed by atoms with Crippen molar-refractivity contribution in [3.8, 4) is 0 Å². The topological polar surface area (TPSA) is 17.1 Å². The van der Waals surface area contributed by atoms with Gasteiger partial charge in [-0.15, -0.1) is 11.6 Å². The van der Waals surface area contributed by atoms with E-state index in [0.717, 1.165) is 6.29 Å². The molecule has 12 heavy (non-hydrogen) atoms. The van der Waals surface area contributed by atoms with Crippen LogP contribution in [0, 0.1) is 11.8 Å². The Morgan fingerprint density at radius 3 is 2.00 bits per heavy atom. The molecule has 0 amide bonds. The molecule has 68 valence electrons. The lowest BCUT2D eigenvalue weighted by molar-refractivity contribution is -0.108. The summed E-state index contributed by atoms with van der Waals surface area (Å²) in [6, 6.07) is 0. The third kappa shape index (κ3) is 1.19. The molecule has 0 bridgehead atoms. The van der Waals surface area contributed by atoms with Crippen LogP contribution in [0.5, 0.6) is 0 Å². The summed E-state index contributed by atoms with van der Waals surface area (Å²) < 4.78 is 0. The zero-order chi connectivity index (χ0) is 8.60. The predicted octanol–water partition coefficient (Wildman–Crippen LogP) is 2.76. The second-order valence-electron chi connectivity index (χ2n) is 4.15. The number of halogens is 1. The number of alkyl halides is 1. The van der Waals surface area contributed by atoms with Gasteiger partial charge in [0.2, 0.25) is 0 Å². The normalized spacial score (nSPS) is 47.1. The van der Waals surface area contributed by atoms with Crippen molar-refractivity contribution in [3.63, 3.8) is 0 Å². The van der Waals surface area contributed by atoms with Crippen LogP contribution in [0.1, 0.15) is 38.5 Å². The molecule has 0 aromatic rings. The van der Waals surface area contributed by atoms with Crippen LogP contribution < -0.4 is 0 Å². The number of hydrogen-bond donors (Lipinski definition) is 0. The number of fused-ring (bicyclic) bond motifs is 1. The largest absolute Gasteiger partial charge is 0.301 e. The maximum atomic E-state index is 10.7. The van der Waals surface area contributed by atoms with Crippen LogP contribution in [-0.2, 0) is 4.79 Å². The molecule has 3 atom stereocenters. The highest BCUT2D eigenvalue weighted by atomic mass is 35.5. The van der Waals surface area contributed by atoms with Crippen LogP contribution in [0.4, 0.5) is 0 Å². The fraction of sp³-hybridized carbons (Fsp3) is 0.900. The zero-order valence-corrected chi connectivity index (χ0v) is 8.02. The Morgan fingerprint density at radius 2 is 1.58 bits per heavy atom. The first-order valence-corrected chi connectivity index (χ1v) is 5.32. The Kier molecular flexibility index (Phi) is 2.16. The highest BCUT2D eigenvalue weighted by Crippen LogP contribution is 2.59. The van der Waals surface area contributed by atoms with E-state index in [-0.39, 0.29) is 0 Å². The van der Waals surface area contributed by atoms with Crippen molar-refractivity contribution < 1.29 is 4.79 Å². The summed E-state index contributed by atoms with van der Waals surface area (Å²) in [4.78, 5) is 10.3. The number of hydrogen-bond acceptors (Lipinski definition) is 1. The summed E-state index contributed by atoms with van der Waals surface area (Å²) in [5.41, 5.74) is 0. The molecule has 1 nitrogen and oxygen atoms in total. The number of carbonyl (C=O) groups is 1. The van der Waals surface area contributed by atoms with E-state index in [1.165, 1.54) is 38.5 Å². The van der Waals surface area contributed by atoms with Gasteiger partial charge in [-0.3, -0.25) is 0 Å². The standard InChI is InChI=1S/C10H15ClO/c11-10(7-12)8-5-3-1-2-4-6-9(8)10/h7-9H,1-6H2/t8-,9+,10?. The van der Waals surface area contributed by atoms with Crippen molar-refractivity contribution in [2.45, 2.75) is 43.4 Å². The van der Waals surface area contributed by atoms with Gasteiger partial charge in [0.1, 0.15) is 11.2 Å². The van der Waals surface area contributed by atoms with Gasteiger partial charge in [-0.05, 0) is 24.7 Å². The fourth-order valence-corrected chi connectivity index (χ4v) is 3.09. The van der Waals surface area contributed by atoms with Gasteiger partial charge in [-0.1, -0.05) is 25.7 Å². The second kappa shape index (κ2) is 3.02. The average molecular weight is 187 g/mol. The molecule has 2 rings (SSSR count). The van der Waals surface area contributed by atoms with Crippen LogP contribution in [0.3, 0.4) is 0 Å². The van der Waals surface area contributed by atoms with Gasteiger partial charge >= 0.3 is 0 Å². The van der Waals surface area contributed by atoms with Crippen LogP contribution in [0.15, 0.2) is 0 Å². The molecule has 0 aromatic carbocycles. The molecule has 0 saturated heterocycles. The number of aldehydes is 1. The molecule has 2 saturated carbocycles. The predicted molar refractivity (Wildman–Crippen MR) is 49.3 cm³/mol. The van der Waals surface area contributed by atoms with Crippen molar-refractivity contribution in [2.75, 3.05) is 0 Å².